The van der Waals surface area contributed by atoms with Crippen LogP contribution in [-0.2, 0) is 10.0 Å². The fourth-order valence-corrected chi connectivity index (χ4v) is 4.99. The first-order valence-corrected chi connectivity index (χ1v) is 11.0. The van der Waals surface area contributed by atoms with E-state index < -0.39 is 10.0 Å². The number of aromatic nitrogens is 1. The first-order valence-electron chi connectivity index (χ1n) is 9.52. The van der Waals surface area contributed by atoms with Crippen LogP contribution in [-0.4, -0.2) is 19.1 Å². The molecule has 1 saturated carbocycles. The van der Waals surface area contributed by atoms with Gasteiger partial charge in [0.15, 0.2) is 0 Å². The Morgan fingerprint density at radius 1 is 1.00 bits per heavy atom. The molecular formula is C22H24N2O2S. The third kappa shape index (κ3) is 3.69. The monoisotopic (exact) mass is 380 g/mol. The third-order valence-electron chi connectivity index (χ3n) is 5.39. The van der Waals surface area contributed by atoms with Crippen molar-refractivity contribution in [3.63, 3.8) is 0 Å². The summed E-state index contributed by atoms with van der Waals surface area (Å²) in [5, 5.41) is 1.03. The third-order valence-corrected chi connectivity index (χ3v) is 6.70. The molecule has 0 atom stereocenters. The second-order valence-electron chi connectivity index (χ2n) is 7.35. The summed E-state index contributed by atoms with van der Waals surface area (Å²) < 4.78 is 30.5. The molecule has 0 radical (unpaired) electrons. The molecule has 1 fully saturated rings. The minimum absolute atomic E-state index is 0.179. The molecule has 5 heteroatoms. The maximum atomic E-state index is 13.0. The molecule has 0 spiro atoms. The Kier molecular flexibility index (Phi) is 4.87. The lowest BCUT2D eigenvalue weighted by atomic mass is 9.83. The molecule has 1 aliphatic rings. The molecule has 0 unspecified atom stereocenters. The Hall–Kier alpha value is -2.40. The van der Waals surface area contributed by atoms with Crippen LogP contribution in [0.15, 0.2) is 64.0 Å². The summed E-state index contributed by atoms with van der Waals surface area (Å²) >= 11 is 0. The van der Waals surface area contributed by atoms with Crippen LogP contribution >= 0.6 is 0 Å². The molecule has 1 heterocycles. The van der Waals surface area contributed by atoms with Crippen molar-refractivity contribution in [3.05, 3.63) is 65.9 Å². The standard InChI is InChI=1S/C22H24N2O2S/c1-16-11-13-18(14-12-16)27(25,26)24-22(17-7-3-2-4-8-17)20-15-23-21-10-6-5-9-19(20)21/h5-6,9-15,17,23H,2-4,7-8H2,1H3/b24-22+. The van der Waals surface area contributed by atoms with E-state index in [1.807, 2.05) is 49.5 Å². The van der Waals surface area contributed by atoms with Gasteiger partial charge >= 0.3 is 0 Å². The van der Waals surface area contributed by atoms with Gasteiger partial charge < -0.3 is 4.98 Å². The van der Waals surface area contributed by atoms with E-state index in [0.717, 1.165) is 47.7 Å². The Morgan fingerprint density at radius 3 is 2.44 bits per heavy atom. The summed E-state index contributed by atoms with van der Waals surface area (Å²) in [7, 11) is -3.75. The highest BCUT2D eigenvalue weighted by atomic mass is 32.2. The molecule has 0 saturated heterocycles. The predicted octanol–water partition coefficient (Wildman–Crippen LogP) is 5.23. The van der Waals surface area contributed by atoms with Crippen molar-refractivity contribution in [1.29, 1.82) is 0 Å². The van der Waals surface area contributed by atoms with Gasteiger partial charge in [-0.15, -0.1) is 0 Å². The molecule has 0 amide bonds. The van der Waals surface area contributed by atoms with Crippen LogP contribution < -0.4 is 0 Å². The number of rotatable bonds is 4. The molecular weight excluding hydrogens is 356 g/mol. The van der Waals surface area contributed by atoms with E-state index >= 15 is 0 Å². The molecule has 4 nitrogen and oxygen atoms in total. The number of benzene rings is 2. The van der Waals surface area contributed by atoms with Gasteiger partial charge in [0.2, 0.25) is 0 Å². The van der Waals surface area contributed by atoms with Crippen molar-refractivity contribution in [3.8, 4) is 0 Å². The SMILES string of the molecule is Cc1ccc(S(=O)(=O)/N=C(/c2c[nH]c3ccccc23)C2CCCCC2)cc1. The van der Waals surface area contributed by atoms with Crippen molar-refractivity contribution in [2.45, 2.75) is 43.9 Å². The maximum absolute atomic E-state index is 13.0. The lowest BCUT2D eigenvalue weighted by molar-refractivity contribution is 0.440. The lowest BCUT2D eigenvalue weighted by Crippen LogP contribution is -2.20. The zero-order valence-corrected chi connectivity index (χ0v) is 16.3. The van der Waals surface area contributed by atoms with Crippen molar-refractivity contribution in [1.82, 2.24) is 4.98 Å². The summed E-state index contributed by atoms with van der Waals surface area (Å²) in [4.78, 5) is 3.52. The molecule has 27 heavy (non-hydrogen) atoms. The number of para-hydroxylation sites is 1. The fraction of sp³-hybridized carbons (Fsp3) is 0.318. The van der Waals surface area contributed by atoms with E-state index in [0.29, 0.717) is 5.71 Å². The number of nitrogens with zero attached hydrogens (tertiary/aromatic N) is 1. The molecule has 3 aromatic rings. The number of hydrogen-bond donors (Lipinski definition) is 1. The van der Waals surface area contributed by atoms with Crippen molar-refractivity contribution >= 4 is 26.6 Å². The fourth-order valence-electron chi connectivity index (χ4n) is 3.90. The average Bonchev–Trinajstić information content (AvgIpc) is 3.11. The number of hydrogen-bond acceptors (Lipinski definition) is 2. The number of sulfonamides is 1. The summed E-state index contributed by atoms with van der Waals surface area (Å²) in [6, 6.07) is 14.9. The lowest BCUT2D eigenvalue weighted by Gasteiger charge is -2.23. The van der Waals surface area contributed by atoms with Crippen LogP contribution in [0.4, 0.5) is 0 Å². The molecule has 4 rings (SSSR count). The Balaban J connectivity index is 1.85. The number of aryl methyl sites for hydroxylation is 1. The van der Waals surface area contributed by atoms with Crippen LogP contribution in [0, 0.1) is 12.8 Å². The Morgan fingerprint density at radius 2 is 1.70 bits per heavy atom. The molecule has 0 bridgehead atoms. The van der Waals surface area contributed by atoms with Gasteiger partial charge in [0, 0.05) is 28.6 Å². The minimum Gasteiger partial charge on any atom is -0.360 e. The zero-order valence-electron chi connectivity index (χ0n) is 15.5. The number of aromatic amines is 1. The normalized spacial score (nSPS) is 16.7. The van der Waals surface area contributed by atoms with Gasteiger partial charge in [-0.1, -0.05) is 55.2 Å². The van der Waals surface area contributed by atoms with E-state index in [-0.39, 0.29) is 10.8 Å². The maximum Gasteiger partial charge on any atom is 0.282 e. The van der Waals surface area contributed by atoms with Crippen molar-refractivity contribution in [2.75, 3.05) is 0 Å². The molecule has 0 aliphatic heterocycles. The van der Waals surface area contributed by atoms with Gasteiger partial charge in [-0.3, -0.25) is 0 Å². The molecule has 2 aromatic carbocycles. The second-order valence-corrected chi connectivity index (χ2v) is 8.95. The summed E-state index contributed by atoms with van der Waals surface area (Å²) in [6.45, 7) is 1.94. The first-order chi connectivity index (χ1) is 13.0. The molecule has 1 aliphatic carbocycles. The number of H-pyrrole nitrogens is 1. The average molecular weight is 381 g/mol. The zero-order chi connectivity index (χ0) is 18.9. The van der Waals surface area contributed by atoms with Crippen molar-refractivity contribution < 1.29 is 8.42 Å². The van der Waals surface area contributed by atoms with Gasteiger partial charge in [-0.05, 0) is 38.0 Å². The molecule has 140 valence electrons. The van der Waals surface area contributed by atoms with Crippen LogP contribution in [0.25, 0.3) is 10.9 Å². The highest BCUT2D eigenvalue weighted by Crippen LogP contribution is 2.31. The summed E-state index contributed by atoms with van der Waals surface area (Å²) in [6.07, 6.45) is 7.34. The summed E-state index contributed by atoms with van der Waals surface area (Å²) in [5.41, 5.74) is 3.65. The van der Waals surface area contributed by atoms with Gasteiger partial charge in [0.25, 0.3) is 10.0 Å². The quantitative estimate of drug-likeness (QED) is 0.630. The topological polar surface area (TPSA) is 62.3 Å². The molecule has 1 aromatic heterocycles. The van der Waals surface area contributed by atoms with E-state index in [9.17, 15) is 8.42 Å². The van der Waals surface area contributed by atoms with Crippen LogP contribution in [0.2, 0.25) is 0 Å². The van der Waals surface area contributed by atoms with Crippen LogP contribution in [0.3, 0.4) is 0 Å². The predicted molar refractivity (Wildman–Crippen MR) is 110 cm³/mol. The van der Waals surface area contributed by atoms with E-state index in [4.69, 9.17) is 0 Å². The first kappa shape index (κ1) is 18.0. The smallest absolute Gasteiger partial charge is 0.282 e. The molecule has 1 N–H and O–H groups in total. The highest BCUT2D eigenvalue weighted by Gasteiger charge is 2.26. The highest BCUT2D eigenvalue weighted by molar-refractivity contribution is 7.90. The van der Waals surface area contributed by atoms with Crippen molar-refractivity contribution in [2.24, 2.45) is 10.3 Å². The minimum atomic E-state index is -3.75. The Bertz CT molecular complexity index is 1070. The van der Waals surface area contributed by atoms with Gasteiger partial charge in [-0.25, -0.2) is 0 Å². The van der Waals surface area contributed by atoms with Gasteiger partial charge in [-0.2, -0.15) is 12.8 Å². The van der Waals surface area contributed by atoms with Crippen LogP contribution in [0.5, 0.6) is 0 Å². The van der Waals surface area contributed by atoms with Gasteiger partial charge in [0.1, 0.15) is 0 Å². The van der Waals surface area contributed by atoms with E-state index in [1.54, 1.807) is 12.1 Å². The van der Waals surface area contributed by atoms with E-state index in [2.05, 4.69) is 9.38 Å². The van der Waals surface area contributed by atoms with E-state index in [1.165, 1.54) is 6.42 Å². The Labute approximate surface area is 160 Å². The van der Waals surface area contributed by atoms with Gasteiger partial charge in [0.05, 0.1) is 10.6 Å². The summed E-state index contributed by atoms with van der Waals surface area (Å²) in [5.74, 6) is 0.179. The number of fused-ring (bicyclic) bond motifs is 1. The largest absolute Gasteiger partial charge is 0.360 e. The second kappa shape index (κ2) is 7.31. The number of nitrogens with one attached hydrogen (secondary N) is 1. The van der Waals surface area contributed by atoms with Crippen LogP contribution in [0.1, 0.15) is 43.2 Å².